The van der Waals surface area contributed by atoms with E-state index in [-0.39, 0.29) is 12.1 Å². The quantitative estimate of drug-likeness (QED) is 0.836. The van der Waals surface area contributed by atoms with Crippen molar-refractivity contribution in [2.24, 2.45) is 0 Å². The van der Waals surface area contributed by atoms with Crippen molar-refractivity contribution >= 4 is 11.6 Å². The average molecular weight is 293 g/mol. The standard InChI is InChI=1S/C14H23N5O2/c1-9(20-3)11-7-21-12-13(18-11)16-8-17-14(12)19-5-4-10(6-19)15-2/h8-11,15H,4-7H2,1-3H3,(H,16,17,18)/t9-,10-,11+/m1/s1. The molecule has 7 heteroatoms. The number of aromatic nitrogens is 2. The van der Waals surface area contributed by atoms with E-state index in [1.165, 1.54) is 0 Å². The maximum atomic E-state index is 5.94. The van der Waals surface area contributed by atoms with Crippen LogP contribution < -0.4 is 20.3 Å². The molecule has 1 fully saturated rings. The minimum absolute atomic E-state index is 0.0667. The van der Waals surface area contributed by atoms with Crippen LogP contribution in [0.25, 0.3) is 0 Å². The van der Waals surface area contributed by atoms with E-state index in [0.717, 1.165) is 36.9 Å². The molecule has 1 saturated heterocycles. The molecule has 1 aromatic heterocycles. The Morgan fingerprint density at radius 3 is 3.10 bits per heavy atom. The Morgan fingerprint density at radius 2 is 2.38 bits per heavy atom. The van der Waals surface area contributed by atoms with Gasteiger partial charge in [-0.3, -0.25) is 0 Å². The molecule has 3 atom stereocenters. The first kappa shape index (κ1) is 14.3. The van der Waals surface area contributed by atoms with Crippen LogP contribution in [-0.2, 0) is 4.74 Å². The van der Waals surface area contributed by atoms with E-state index < -0.39 is 0 Å². The summed E-state index contributed by atoms with van der Waals surface area (Å²) in [5.41, 5.74) is 0. The van der Waals surface area contributed by atoms with Gasteiger partial charge in [-0.1, -0.05) is 0 Å². The lowest BCUT2D eigenvalue weighted by Gasteiger charge is -2.32. The highest BCUT2D eigenvalue weighted by atomic mass is 16.5. The van der Waals surface area contributed by atoms with Crippen molar-refractivity contribution in [3.8, 4) is 5.75 Å². The zero-order chi connectivity index (χ0) is 14.8. The van der Waals surface area contributed by atoms with Crippen molar-refractivity contribution in [2.45, 2.75) is 31.5 Å². The second-order valence-electron chi connectivity index (χ2n) is 5.60. The predicted molar refractivity (Wildman–Crippen MR) is 81.1 cm³/mol. The molecule has 0 amide bonds. The van der Waals surface area contributed by atoms with Gasteiger partial charge in [-0.15, -0.1) is 0 Å². The van der Waals surface area contributed by atoms with Crippen molar-refractivity contribution in [3.63, 3.8) is 0 Å². The highest BCUT2D eigenvalue weighted by molar-refractivity contribution is 5.66. The van der Waals surface area contributed by atoms with Gasteiger partial charge in [0, 0.05) is 26.2 Å². The number of rotatable bonds is 4. The van der Waals surface area contributed by atoms with Crippen LogP contribution >= 0.6 is 0 Å². The summed E-state index contributed by atoms with van der Waals surface area (Å²) in [6.07, 6.45) is 2.78. The summed E-state index contributed by atoms with van der Waals surface area (Å²) in [7, 11) is 3.70. The summed E-state index contributed by atoms with van der Waals surface area (Å²) in [6, 6.07) is 0.613. The molecule has 2 aliphatic heterocycles. The Balaban J connectivity index is 1.80. The van der Waals surface area contributed by atoms with Gasteiger partial charge in [-0.25, -0.2) is 9.97 Å². The lowest BCUT2D eigenvalue weighted by atomic mass is 10.1. The number of hydrogen-bond donors (Lipinski definition) is 2. The molecule has 0 radical (unpaired) electrons. The van der Waals surface area contributed by atoms with Gasteiger partial charge in [-0.05, 0) is 20.4 Å². The van der Waals surface area contributed by atoms with Crippen LogP contribution in [0.2, 0.25) is 0 Å². The Labute approximate surface area is 125 Å². The van der Waals surface area contributed by atoms with Gasteiger partial charge in [0.25, 0.3) is 0 Å². The van der Waals surface area contributed by atoms with Crippen LogP contribution in [0.5, 0.6) is 5.75 Å². The summed E-state index contributed by atoms with van der Waals surface area (Å²) >= 11 is 0. The fourth-order valence-corrected chi connectivity index (χ4v) is 2.82. The zero-order valence-electron chi connectivity index (χ0n) is 12.8. The number of likely N-dealkylation sites (N-methyl/N-ethyl adjacent to an activating group) is 1. The maximum Gasteiger partial charge on any atom is 0.204 e. The van der Waals surface area contributed by atoms with E-state index in [0.29, 0.717) is 12.6 Å². The molecule has 21 heavy (non-hydrogen) atoms. The van der Waals surface area contributed by atoms with E-state index >= 15 is 0 Å². The zero-order valence-corrected chi connectivity index (χ0v) is 12.8. The van der Waals surface area contributed by atoms with Crippen molar-refractivity contribution < 1.29 is 9.47 Å². The monoisotopic (exact) mass is 293 g/mol. The van der Waals surface area contributed by atoms with Crippen molar-refractivity contribution in [1.29, 1.82) is 0 Å². The molecule has 3 rings (SSSR count). The smallest absolute Gasteiger partial charge is 0.204 e. The number of nitrogens with zero attached hydrogens (tertiary/aromatic N) is 3. The first-order valence-corrected chi connectivity index (χ1v) is 7.42. The molecule has 0 aromatic carbocycles. The van der Waals surface area contributed by atoms with Gasteiger partial charge in [-0.2, -0.15) is 0 Å². The Bertz CT molecular complexity index is 498. The van der Waals surface area contributed by atoms with Gasteiger partial charge < -0.3 is 25.0 Å². The van der Waals surface area contributed by atoms with Crippen molar-refractivity contribution in [2.75, 3.05) is 44.1 Å². The Morgan fingerprint density at radius 1 is 1.52 bits per heavy atom. The fraction of sp³-hybridized carbons (Fsp3) is 0.714. The number of methoxy groups -OCH3 is 1. The number of fused-ring (bicyclic) bond motifs is 1. The van der Waals surface area contributed by atoms with Crippen LogP contribution in [0.15, 0.2) is 6.33 Å². The van der Waals surface area contributed by atoms with Gasteiger partial charge >= 0.3 is 0 Å². The van der Waals surface area contributed by atoms with E-state index in [9.17, 15) is 0 Å². The highest BCUT2D eigenvalue weighted by Gasteiger charge is 2.31. The topological polar surface area (TPSA) is 71.5 Å². The normalized spacial score (nSPS) is 26.0. The lowest BCUT2D eigenvalue weighted by Crippen LogP contribution is -2.41. The summed E-state index contributed by atoms with van der Waals surface area (Å²) < 4.78 is 11.3. The minimum Gasteiger partial charge on any atom is -0.484 e. The van der Waals surface area contributed by atoms with E-state index in [1.807, 2.05) is 14.0 Å². The van der Waals surface area contributed by atoms with Crippen molar-refractivity contribution in [3.05, 3.63) is 6.33 Å². The SMILES string of the molecule is CN[C@@H]1CCN(c2ncnc3c2OC[C@@H]([C@@H](C)OC)N3)C1. The first-order chi connectivity index (χ1) is 10.2. The molecule has 2 aliphatic rings. The second kappa shape index (κ2) is 6.03. The molecular formula is C14H23N5O2. The largest absolute Gasteiger partial charge is 0.484 e. The first-order valence-electron chi connectivity index (χ1n) is 7.42. The molecule has 116 valence electrons. The van der Waals surface area contributed by atoms with Gasteiger partial charge in [0.15, 0.2) is 11.6 Å². The summed E-state index contributed by atoms with van der Waals surface area (Å²) in [5, 5.41) is 6.71. The third-order valence-corrected chi connectivity index (χ3v) is 4.35. The predicted octanol–water partition coefficient (Wildman–Crippen LogP) is 0.482. The second-order valence-corrected chi connectivity index (χ2v) is 5.60. The van der Waals surface area contributed by atoms with E-state index in [1.54, 1.807) is 13.4 Å². The summed E-state index contributed by atoms with van der Waals surface area (Å²) in [6.45, 7) is 4.51. The summed E-state index contributed by atoms with van der Waals surface area (Å²) in [4.78, 5) is 11.0. The molecule has 0 aliphatic carbocycles. The molecule has 3 heterocycles. The Hall–Kier alpha value is -1.60. The van der Waals surface area contributed by atoms with Crippen LogP contribution in [0.4, 0.5) is 11.6 Å². The molecule has 0 spiro atoms. The van der Waals surface area contributed by atoms with Gasteiger partial charge in [0.2, 0.25) is 5.75 Å². The molecular weight excluding hydrogens is 270 g/mol. The lowest BCUT2D eigenvalue weighted by molar-refractivity contribution is 0.0804. The fourth-order valence-electron chi connectivity index (χ4n) is 2.82. The van der Waals surface area contributed by atoms with E-state index in [2.05, 4.69) is 25.5 Å². The number of anilines is 2. The third kappa shape index (κ3) is 2.75. The maximum absolute atomic E-state index is 5.94. The number of nitrogens with one attached hydrogen (secondary N) is 2. The molecule has 0 unspecified atom stereocenters. The van der Waals surface area contributed by atoms with E-state index in [4.69, 9.17) is 9.47 Å². The summed E-state index contributed by atoms with van der Waals surface area (Å²) in [5.74, 6) is 2.40. The number of ether oxygens (including phenoxy) is 2. The Kier molecular flexibility index (Phi) is 4.12. The van der Waals surface area contributed by atoms with Crippen molar-refractivity contribution in [1.82, 2.24) is 15.3 Å². The highest BCUT2D eigenvalue weighted by Crippen LogP contribution is 2.36. The van der Waals surface area contributed by atoms with Crippen LogP contribution in [-0.4, -0.2) is 62.0 Å². The van der Waals surface area contributed by atoms with Gasteiger partial charge in [0.1, 0.15) is 12.9 Å². The molecule has 0 saturated carbocycles. The molecule has 1 aromatic rings. The van der Waals surface area contributed by atoms with Crippen LogP contribution in [0.1, 0.15) is 13.3 Å². The third-order valence-electron chi connectivity index (χ3n) is 4.35. The minimum atomic E-state index is 0.0667. The van der Waals surface area contributed by atoms with Gasteiger partial charge in [0.05, 0.1) is 12.1 Å². The average Bonchev–Trinajstić information content (AvgIpc) is 3.01. The number of hydrogen-bond acceptors (Lipinski definition) is 7. The van der Waals surface area contributed by atoms with Crippen LogP contribution in [0, 0.1) is 0 Å². The van der Waals surface area contributed by atoms with Crippen LogP contribution in [0.3, 0.4) is 0 Å². The molecule has 0 bridgehead atoms. The molecule has 2 N–H and O–H groups in total. The molecule has 7 nitrogen and oxygen atoms in total.